The summed E-state index contributed by atoms with van der Waals surface area (Å²) in [6.45, 7) is 3.76. The number of fused-ring (bicyclic) bond motifs is 4. The molecule has 0 atom stereocenters. The Labute approximate surface area is 170 Å². The molecule has 0 aliphatic heterocycles. The number of benzene rings is 1. The van der Waals surface area contributed by atoms with Crippen molar-refractivity contribution in [3.05, 3.63) is 75.7 Å². The standard InChI is InChI=1S/C21H18N6O3/c1-12-7-8-16-14(9-12)19(28)25(3)21-24-23-18(27(16)21)11-30-20(29)15-10-26-13(2)5-4-6-17(26)22-15/h4-10H,11H2,1-3H3. The van der Waals surface area contributed by atoms with E-state index < -0.39 is 5.97 Å². The van der Waals surface area contributed by atoms with Crippen LogP contribution in [-0.4, -0.2) is 34.5 Å². The van der Waals surface area contributed by atoms with Crippen LogP contribution in [0.1, 0.15) is 27.6 Å². The molecule has 0 bridgehead atoms. The highest BCUT2D eigenvalue weighted by Crippen LogP contribution is 2.17. The van der Waals surface area contributed by atoms with Crippen LogP contribution in [0.15, 0.2) is 47.4 Å². The molecule has 9 heteroatoms. The maximum atomic E-state index is 12.7. The summed E-state index contributed by atoms with van der Waals surface area (Å²) < 4.78 is 10.5. The average Bonchev–Trinajstić information content (AvgIpc) is 3.36. The van der Waals surface area contributed by atoms with E-state index in [9.17, 15) is 9.59 Å². The summed E-state index contributed by atoms with van der Waals surface area (Å²) >= 11 is 0. The van der Waals surface area contributed by atoms with Gasteiger partial charge in [-0.15, -0.1) is 10.2 Å². The minimum atomic E-state index is -0.556. The fraction of sp³-hybridized carbons (Fsp3) is 0.190. The lowest BCUT2D eigenvalue weighted by Crippen LogP contribution is -2.20. The fourth-order valence-corrected chi connectivity index (χ4v) is 3.60. The lowest BCUT2D eigenvalue weighted by molar-refractivity contribution is 0.0455. The number of aryl methyl sites for hydroxylation is 3. The number of nitrogens with zero attached hydrogens (tertiary/aromatic N) is 6. The summed E-state index contributed by atoms with van der Waals surface area (Å²) in [6.07, 6.45) is 1.65. The Morgan fingerprint density at radius 3 is 2.77 bits per heavy atom. The molecule has 0 aliphatic rings. The quantitative estimate of drug-likeness (QED) is 0.429. The van der Waals surface area contributed by atoms with Gasteiger partial charge in [-0.05, 0) is 38.1 Å². The molecule has 5 aromatic rings. The Morgan fingerprint density at radius 2 is 1.97 bits per heavy atom. The number of pyridine rings is 1. The first-order chi connectivity index (χ1) is 14.4. The van der Waals surface area contributed by atoms with E-state index in [4.69, 9.17) is 4.74 Å². The maximum absolute atomic E-state index is 12.7. The largest absolute Gasteiger partial charge is 0.453 e. The molecule has 0 unspecified atom stereocenters. The zero-order valence-corrected chi connectivity index (χ0v) is 16.7. The highest BCUT2D eigenvalue weighted by molar-refractivity contribution is 5.88. The van der Waals surface area contributed by atoms with Crippen LogP contribution in [0.5, 0.6) is 0 Å². The molecule has 0 radical (unpaired) electrons. The van der Waals surface area contributed by atoms with E-state index in [0.717, 1.165) is 11.3 Å². The van der Waals surface area contributed by atoms with Crippen LogP contribution < -0.4 is 5.56 Å². The molecule has 9 nitrogen and oxygen atoms in total. The van der Waals surface area contributed by atoms with Gasteiger partial charge < -0.3 is 9.14 Å². The van der Waals surface area contributed by atoms with E-state index in [-0.39, 0.29) is 17.9 Å². The monoisotopic (exact) mass is 402 g/mol. The Bertz CT molecular complexity index is 1530. The van der Waals surface area contributed by atoms with Gasteiger partial charge in [-0.2, -0.15) is 0 Å². The number of imidazole rings is 1. The molecule has 1 aromatic carbocycles. The first-order valence-corrected chi connectivity index (χ1v) is 9.39. The third-order valence-electron chi connectivity index (χ3n) is 5.18. The van der Waals surface area contributed by atoms with E-state index in [1.165, 1.54) is 4.57 Å². The predicted molar refractivity (Wildman–Crippen MR) is 110 cm³/mol. The number of carbonyl (C=O) groups excluding carboxylic acids is 1. The summed E-state index contributed by atoms with van der Waals surface area (Å²) in [5, 5.41) is 8.81. The Hall–Kier alpha value is -4.01. The van der Waals surface area contributed by atoms with Crippen molar-refractivity contribution in [3.8, 4) is 0 Å². The van der Waals surface area contributed by atoms with Crippen molar-refractivity contribution >= 4 is 28.3 Å². The van der Waals surface area contributed by atoms with Gasteiger partial charge in [-0.3, -0.25) is 13.8 Å². The smallest absolute Gasteiger partial charge is 0.359 e. The Balaban J connectivity index is 1.52. The molecule has 150 valence electrons. The summed E-state index contributed by atoms with van der Waals surface area (Å²) in [7, 11) is 1.64. The van der Waals surface area contributed by atoms with Gasteiger partial charge in [-0.25, -0.2) is 9.78 Å². The van der Waals surface area contributed by atoms with Crippen molar-refractivity contribution in [3.63, 3.8) is 0 Å². The molecule has 0 aliphatic carbocycles. The van der Waals surface area contributed by atoms with E-state index in [2.05, 4.69) is 15.2 Å². The van der Waals surface area contributed by atoms with Crippen molar-refractivity contribution in [1.29, 1.82) is 0 Å². The summed E-state index contributed by atoms with van der Waals surface area (Å²) in [6, 6.07) is 11.2. The molecular weight excluding hydrogens is 384 g/mol. The van der Waals surface area contributed by atoms with Crippen molar-refractivity contribution in [2.75, 3.05) is 0 Å². The summed E-state index contributed by atoms with van der Waals surface area (Å²) in [5.41, 5.74) is 3.33. The van der Waals surface area contributed by atoms with Crippen molar-refractivity contribution in [2.45, 2.75) is 20.5 Å². The van der Waals surface area contributed by atoms with Crippen LogP contribution in [0, 0.1) is 13.8 Å². The van der Waals surface area contributed by atoms with E-state index in [0.29, 0.717) is 28.2 Å². The molecule has 4 aromatic heterocycles. The van der Waals surface area contributed by atoms with E-state index in [1.807, 2.05) is 54.6 Å². The van der Waals surface area contributed by atoms with Crippen LogP contribution in [0.4, 0.5) is 0 Å². The topological polar surface area (TPSA) is 95.8 Å². The molecule has 30 heavy (non-hydrogen) atoms. The maximum Gasteiger partial charge on any atom is 0.359 e. The SMILES string of the molecule is Cc1ccc2c(c1)c(=O)n(C)c1nnc(COC(=O)c3cn4c(C)cccc4n3)n21. The number of esters is 1. The number of hydrogen-bond acceptors (Lipinski definition) is 6. The van der Waals surface area contributed by atoms with Gasteiger partial charge in [0, 0.05) is 18.9 Å². The van der Waals surface area contributed by atoms with E-state index in [1.54, 1.807) is 17.6 Å². The summed E-state index contributed by atoms with van der Waals surface area (Å²) in [4.78, 5) is 29.6. The second kappa shape index (κ2) is 6.51. The number of hydrogen-bond donors (Lipinski definition) is 0. The lowest BCUT2D eigenvalue weighted by atomic mass is 10.1. The van der Waals surface area contributed by atoms with Crippen LogP contribution in [-0.2, 0) is 18.4 Å². The van der Waals surface area contributed by atoms with Crippen LogP contribution in [0.2, 0.25) is 0 Å². The minimum Gasteiger partial charge on any atom is -0.453 e. The molecule has 0 saturated heterocycles. The Morgan fingerprint density at radius 1 is 1.13 bits per heavy atom. The normalized spacial score (nSPS) is 11.6. The second-order valence-corrected chi connectivity index (χ2v) is 7.23. The van der Waals surface area contributed by atoms with E-state index >= 15 is 0 Å². The molecular formula is C21H18N6O3. The molecule has 0 amide bonds. The highest BCUT2D eigenvalue weighted by atomic mass is 16.5. The third kappa shape index (κ3) is 2.66. The van der Waals surface area contributed by atoms with Gasteiger partial charge in [0.1, 0.15) is 5.65 Å². The van der Waals surface area contributed by atoms with Gasteiger partial charge in [0.05, 0.1) is 10.9 Å². The zero-order valence-electron chi connectivity index (χ0n) is 16.7. The summed E-state index contributed by atoms with van der Waals surface area (Å²) in [5.74, 6) is 0.244. The van der Waals surface area contributed by atoms with Gasteiger partial charge in [-0.1, -0.05) is 17.7 Å². The van der Waals surface area contributed by atoms with Gasteiger partial charge >= 0.3 is 5.97 Å². The first-order valence-electron chi connectivity index (χ1n) is 9.39. The van der Waals surface area contributed by atoms with Gasteiger partial charge in [0.25, 0.3) is 5.56 Å². The van der Waals surface area contributed by atoms with Gasteiger partial charge in [0.2, 0.25) is 5.78 Å². The molecule has 5 rings (SSSR count). The second-order valence-electron chi connectivity index (χ2n) is 7.23. The molecule has 0 N–H and O–H groups in total. The third-order valence-corrected chi connectivity index (χ3v) is 5.18. The predicted octanol–water partition coefficient (Wildman–Crippen LogP) is 2.20. The molecule has 4 heterocycles. The zero-order chi connectivity index (χ0) is 21.0. The average molecular weight is 402 g/mol. The molecule has 0 fully saturated rings. The minimum absolute atomic E-state index is 0.103. The number of rotatable bonds is 3. The Kier molecular flexibility index (Phi) is 3.92. The van der Waals surface area contributed by atoms with Crippen molar-refractivity contribution in [1.82, 2.24) is 28.5 Å². The van der Waals surface area contributed by atoms with Crippen molar-refractivity contribution in [2.24, 2.45) is 7.05 Å². The van der Waals surface area contributed by atoms with Crippen LogP contribution in [0.25, 0.3) is 22.3 Å². The number of aromatic nitrogens is 6. The lowest BCUT2D eigenvalue weighted by Gasteiger charge is -2.08. The first kappa shape index (κ1) is 18.0. The van der Waals surface area contributed by atoms with Crippen LogP contribution in [0.3, 0.4) is 0 Å². The van der Waals surface area contributed by atoms with Crippen molar-refractivity contribution < 1.29 is 9.53 Å². The number of carbonyl (C=O) groups is 1. The molecule has 0 saturated carbocycles. The van der Waals surface area contributed by atoms with Gasteiger partial charge in [0.15, 0.2) is 18.1 Å². The highest BCUT2D eigenvalue weighted by Gasteiger charge is 2.18. The molecule has 0 spiro atoms. The number of ether oxygens (including phenoxy) is 1. The van der Waals surface area contributed by atoms with Crippen LogP contribution >= 0.6 is 0 Å². The fourth-order valence-electron chi connectivity index (χ4n) is 3.60.